The van der Waals surface area contributed by atoms with Crippen molar-refractivity contribution in [3.05, 3.63) is 12.2 Å². The van der Waals surface area contributed by atoms with E-state index in [9.17, 15) is 9.59 Å². The first-order valence-electron chi connectivity index (χ1n) is 10.4. The predicted molar refractivity (Wildman–Crippen MR) is 111 cm³/mol. The van der Waals surface area contributed by atoms with Gasteiger partial charge in [0.25, 0.3) is 0 Å². The Hall–Kier alpha value is -1.60. The summed E-state index contributed by atoms with van der Waals surface area (Å²) in [7, 11) is 1.31. The summed E-state index contributed by atoms with van der Waals surface area (Å²) in [5, 5.41) is 5.18. The molecule has 0 aromatic heterocycles. The van der Waals surface area contributed by atoms with E-state index in [4.69, 9.17) is 9.47 Å². The van der Waals surface area contributed by atoms with Gasteiger partial charge in [0.2, 0.25) is 5.91 Å². The molecule has 0 heterocycles. The van der Waals surface area contributed by atoms with Gasteiger partial charge in [0.15, 0.2) is 0 Å². The molecular formula is C21H40N2O5. The minimum Gasteiger partial charge on any atom is -0.453 e. The van der Waals surface area contributed by atoms with Crippen LogP contribution in [-0.2, 0) is 19.0 Å². The van der Waals surface area contributed by atoms with Crippen molar-refractivity contribution in [2.45, 2.75) is 52.9 Å². The van der Waals surface area contributed by atoms with Gasteiger partial charge in [0.1, 0.15) is 0 Å². The number of alkyl carbamates (subject to hydrolysis) is 1. The standard InChI is InChI=1S/C11H22N2O5.C10H18/c1-3-10(14)12-4-6-17-8-9-18-7-5-13-11(15)16-2;1-3-5-6-7-10-8-9(10)4-2/h3-9H2,1-2H3,(H,12,14)(H,13,15);3,5,9-10H,4,6-8H2,1-2H3/b;5-3-. The maximum absolute atomic E-state index is 10.9. The number of allylic oxidation sites excluding steroid dienone is 2. The Morgan fingerprint density at radius 3 is 2.14 bits per heavy atom. The summed E-state index contributed by atoms with van der Waals surface area (Å²) in [5.41, 5.74) is 0. The fourth-order valence-corrected chi connectivity index (χ4v) is 2.65. The fourth-order valence-electron chi connectivity index (χ4n) is 2.65. The number of nitrogens with one attached hydrogen (secondary N) is 2. The molecule has 0 spiro atoms. The molecule has 0 saturated heterocycles. The zero-order valence-electron chi connectivity index (χ0n) is 18.1. The van der Waals surface area contributed by atoms with E-state index < -0.39 is 6.09 Å². The monoisotopic (exact) mass is 400 g/mol. The van der Waals surface area contributed by atoms with Gasteiger partial charge in [-0.25, -0.2) is 4.79 Å². The number of amides is 2. The van der Waals surface area contributed by atoms with Gasteiger partial charge in [-0.1, -0.05) is 32.4 Å². The van der Waals surface area contributed by atoms with Crippen molar-refractivity contribution in [3.63, 3.8) is 0 Å². The largest absolute Gasteiger partial charge is 0.453 e. The number of methoxy groups -OCH3 is 1. The van der Waals surface area contributed by atoms with E-state index in [0.717, 1.165) is 11.8 Å². The minimum atomic E-state index is -0.471. The molecule has 0 aromatic rings. The topological polar surface area (TPSA) is 85.9 Å². The molecule has 1 fully saturated rings. The highest BCUT2D eigenvalue weighted by molar-refractivity contribution is 5.75. The number of hydrogen-bond donors (Lipinski definition) is 2. The third kappa shape index (κ3) is 16.6. The van der Waals surface area contributed by atoms with Crippen LogP contribution in [0.25, 0.3) is 0 Å². The lowest BCUT2D eigenvalue weighted by Crippen LogP contribution is -2.28. The van der Waals surface area contributed by atoms with Crippen molar-refractivity contribution >= 4 is 12.0 Å². The van der Waals surface area contributed by atoms with Crippen molar-refractivity contribution in [1.82, 2.24) is 10.6 Å². The van der Waals surface area contributed by atoms with Crippen LogP contribution in [0.4, 0.5) is 4.79 Å². The van der Waals surface area contributed by atoms with Crippen LogP contribution in [0.1, 0.15) is 52.9 Å². The number of hydrogen-bond acceptors (Lipinski definition) is 5. The molecule has 1 aliphatic carbocycles. The van der Waals surface area contributed by atoms with Gasteiger partial charge in [0.05, 0.1) is 33.5 Å². The molecule has 7 nitrogen and oxygen atoms in total. The molecule has 1 aliphatic rings. The molecule has 2 N–H and O–H groups in total. The molecule has 0 aromatic carbocycles. The van der Waals surface area contributed by atoms with Crippen LogP contribution < -0.4 is 10.6 Å². The van der Waals surface area contributed by atoms with E-state index in [1.54, 1.807) is 6.92 Å². The summed E-state index contributed by atoms with van der Waals surface area (Å²) < 4.78 is 14.8. The van der Waals surface area contributed by atoms with Gasteiger partial charge in [-0.15, -0.1) is 0 Å². The molecule has 0 aliphatic heterocycles. The number of rotatable bonds is 14. The third-order valence-electron chi connectivity index (χ3n) is 4.50. The maximum Gasteiger partial charge on any atom is 0.406 e. The lowest BCUT2D eigenvalue weighted by atomic mass is 10.1. The quantitative estimate of drug-likeness (QED) is 0.345. The summed E-state index contributed by atoms with van der Waals surface area (Å²) in [6, 6.07) is 0. The van der Waals surface area contributed by atoms with Crippen LogP contribution in [0.3, 0.4) is 0 Å². The zero-order chi connectivity index (χ0) is 21.0. The Morgan fingerprint density at radius 1 is 1.00 bits per heavy atom. The second kappa shape index (κ2) is 18.7. The van der Waals surface area contributed by atoms with Gasteiger partial charge in [-0.05, 0) is 38.0 Å². The Labute approximate surface area is 170 Å². The summed E-state index contributed by atoms with van der Waals surface area (Å²) in [6.07, 6.45) is 10.1. The van der Waals surface area contributed by atoms with Crippen LogP contribution in [0, 0.1) is 11.8 Å². The molecule has 2 amide bonds. The highest BCUT2D eigenvalue weighted by Gasteiger charge is 2.33. The first kappa shape index (κ1) is 26.4. The van der Waals surface area contributed by atoms with Gasteiger partial charge in [-0.3, -0.25) is 4.79 Å². The van der Waals surface area contributed by atoms with E-state index in [0.29, 0.717) is 45.9 Å². The molecule has 2 unspecified atom stereocenters. The van der Waals surface area contributed by atoms with E-state index in [2.05, 4.69) is 41.4 Å². The summed E-state index contributed by atoms with van der Waals surface area (Å²) in [6.45, 7) is 8.90. The Balaban J connectivity index is 0.000000609. The van der Waals surface area contributed by atoms with Crippen molar-refractivity contribution in [3.8, 4) is 0 Å². The van der Waals surface area contributed by atoms with E-state index in [-0.39, 0.29) is 5.91 Å². The van der Waals surface area contributed by atoms with Crippen molar-refractivity contribution in [2.75, 3.05) is 46.6 Å². The third-order valence-corrected chi connectivity index (χ3v) is 4.50. The highest BCUT2D eigenvalue weighted by Crippen LogP contribution is 2.44. The molecule has 7 heteroatoms. The lowest BCUT2D eigenvalue weighted by Gasteiger charge is -2.07. The van der Waals surface area contributed by atoms with Crippen molar-refractivity contribution in [1.29, 1.82) is 0 Å². The Bertz CT molecular complexity index is 405. The van der Waals surface area contributed by atoms with Crippen LogP contribution in [-0.4, -0.2) is 58.6 Å². The van der Waals surface area contributed by atoms with Crippen LogP contribution in [0.2, 0.25) is 0 Å². The average molecular weight is 401 g/mol. The van der Waals surface area contributed by atoms with E-state index >= 15 is 0 Å². The summed E-state index contributed by atoms with van der Waals surface area (Å²) in [4.78, 5) is 21.5. The average Bonchev–Trinajstić information content (AvgIpc) is 3.48. The van der Waals surface area contributed by atoms with E-state index in [1.807, 2.05) is 0 Å². The van der Waals surface area contributed by atoms with Gasteiger partial charge < -0.3 is 24.8 Å². The molecule has 1 rings (SSSR count). The normalized spacial score (nSPS) is 17.6. The molecule has 28 heavy (non-hydrogen) atoms. The highest BCUT2D eigenvalue weighted by atomic mass is 16.5. The molecule has 0 radical (unpaired) electrons. The first-order valence-corrected chi connectivity index (χ1v) is 10.4. The second-order valence-electron chi connectivity index (χ2n) is 6.66. The molecular weight excluding hydrogens is 360 g/mol. The lowest BCUT2D eigenvalue weighted by molar-refractivity contribution is -0.121. The Morgan fingerprint density at radius 2 is 1.64 bits per heavy atom. The SMILES string of the molecule is C/C=C\CCC1CC1CC.CCC(=O)NCCOCCOCCNC(=O)OC. The Kier molecular flexibility index (Phi) is 17.7. The minimum absolute atomic E-state index is 0.0173. The van der Waals surface area contributed by atoms with Gasteiger partial charge >= 0.3 is 6.09 Å². The van der Waals surface area contributed by atoms with Gasteiger partial charge in [-0.2, -0.15) is 0 Å². The fraction of sp³-hybridized carbons (Fsp3) is 0.810. The summed E-state index contributed by atoms with van der Waals surface area (Å²) in [5.74, 6) is 2.19. The van der Waals surface area contributed by atoms with Crippen molar-refractivity contribution in [2.24, 2.45) is 11.8 Å². The van der Waals surface area contributed by atoms with E-state index in [1.165, 1.54) is 32.8 Å². The van der Waals surface area contributed by atoms with Gasteiger partial charge in [0, 0.05) is 19.5 Å². The molecule has 2 atom stereocenters. The van der Waals surface area contributed by atoms with Crippen LogP contribution in [0.5, 0.6) is 0 Å². The first-order chi connectivity index (χ1) is 13.6. The molecule has 164 valence electrons. The van der Waals surface area contributed by atoms with Crippen LogP contribution in [0.15, 0.2) is 12.2 Å². The summed E-state index contributed by atoms with van der Waals surface area (Å²) >= 11 is 0. The molecule has 1 saturated carbocycles. The smallest absolute Gasteiger partial charge is 0.406 e. The predicted octanol–water partition coefficient (Wildman–Crippen LogP) is 3.29. The maximum atomic E-state index is 10.9. The second-order valence-corrected chi connectivity index (χ2v) is 6.66. The number of carbonyl (C=O) groups is 2. The zero-order valence-corrected chi connectivity index (χ0v) is 18.1. The van der Waals surface area contributed by atoms with Crippen molar-refractivity contribution < 1.29 is 23.8 Å². The number of carbonyl (C=O) groups excluding carboxylic acids is 2. The molecule has 0 bridgehead atoms. The number of ether oxygens (including phenoxy) is 3. The van der Waals surface area contributed by atoms with Crippen LogP contribution >= 0.6 is 0 Å².